The SMILES string of the molecule is CCOC(=O)c1nn(C)c(-c2cc(Br)ccc2OC(F)(F)F)c1N. The summed E-state index contributed by atoms with van der Waals surface area (Å²) in [6.07, 6.45) is -4.88. The van der Waals surface area contributed by atoms with Crippen LogP contribution >= 0.6 is 15.9 Å². The van der Waals surface area contributed by atoms with Crippen LogP contribution in [0.5, 0.6) is 5.75 Å². The predicted molar refractivity (Wildman–Crippen MR) is 83.4 cm³/mol. The van der Waals surface area contributed by atoms with Crippen LogP contribution < -0.4 is 10.5 Å². The second-order valence-electron chi connectivity index (χ2n) is 4.64. The number of anilines is 1. The molecule has 0 spiro atoms. The Morgan fingerprint density at radius 3 is 2.67 bits per heavy atom. The quantitative estimate of drug-likeness (QED) is 0.784. The van der Waals surface area contributed by atoms with E-state index in [0.717, 1.165) is 6.07 Å². The molecule has 0 saturated heterocycles. The third kappa shape index (κ3) is 3.81. The van der Waals surface area contributed by atoms with Gasteiger partial charge in [0.2, 0.25) is 0 Å². The maximum Gasteiger partial charge on any atom is 0.573 e. The summed E-state index contributed by atoms with van der Waals surface area (Å²) >= 11 is 3.18. The standard InChI is InChI=1S/C14H13BrF3N3O3/c1-3-23-13(22)11-10(19)12(21(2)20-11)8-6-7(15)4-5-9(8)24-14(16,17)18/h4-6H,3,19H2,1-2H3. The van der Waals surface area contributed by atoms with Crippen LogP contribution in [0.25, 0.3) is 11.3 Å². The average Bonchev–Trinajstić information content (AvgIpc) is 2.75. The van der Waals surface area contributed by atoms with Crippen LogP contribution in [0.2, 0.25) is 0 Å². The smallest absolute Gasteiger partial charge is 0.461 e. The number of aryl methyl sites for hydroxylation is 1. The summed E-state index contributed by atoms with van der Waals surface area (Å²) in [4.78, 5) is 11.8. The maximum absolute atomic E-state index is 12.6. The van der Waals surface area contributed by atoms with Gasteiger partial charge in [-0.05, 0) is 25.1 Å². The Labute approximate surface area is 143 Å². The molecule has 10 heteroatoms. The Balaban J connectivity index is 2.60. The van der Waals surface area contributed by atoms with Gasteiger partial charge in [0.25, 0.3) is 0 Å². The molecular weight excluding hydrogens is 395 g/mol. The molecule has 2 N–H and O–H groups in total. The molecule has 0 atom stereocenters. The lowest BCUT2D eigenvalue weighted by molar-refractivity contribution is -0.274. The summed E-state index contributed by atoms with van der Waals surface area (Å²) < 4.78 is 48.4. The Hall–Kier alpha value is -2.23. The van der Waals surface area contributed by atoms with Crippen molar-refractivity contribution in [3.63, 3.8) is 0 Å². The normalized spacial score (nSPS) is 11.4. The van der Waals surface area contributed by atoms with Crippen molar-refractivity contribution in [1.29, 1.82) is 0 Å². The van der Waals surface area contributed by atoms with Gasteiger partial charge in [-0.25, -0.2) is 4.79 Å². The maximum atomic E-state index is 12.6. The number of esters is 1. The van der Waals surface area contributed by atoms with Gasteiger partial charge in [0.05, 0.1) is 18.0 Å². The third-order valence-electron chi connectivity index (χ3n) is 2.98. The number of ether oxygens (including phenoxy) is 2. The topological polar surface area (TPSA) is 79.4 Å². The second-order valence-corrected chi connectivity index (χ2v) is 5.56. The molecule has 1 aromatic heterocycles. The minimum Gasteiger partial charge on any atom is -0.461 e. The zero-order valence-corrected chi connectivity index (χ0v) is 14.2. The first-order chi connectivity index (χ1) is 11.1. The number of carbonyl (C=O) groups is 1. The summed E-state index contributed by atoms with van der Waals surface area (Å²) in [6.45, 7) is 1.73. The zero-order chi connectivity index (χ0) is 18.1. The molecule has 0 fully saturated rings. The molecule has 2 aromatic rings. The number of halogens is 4. The molecule has 0 aliphatic heterocycles. The van der Waals surface area contributed by atoms with Crippen molar-refractivity contribution in [2.75, 3.05) is 12.3 Å². The molecule has 0 aliphatic rings. The van der Waals surface area contributed by atoms with Crippen LogP contribution in [0, 0.1) is 0 Å². The summed E-state index contributed by atoms with van der Waals surface area (Å²) in [6, 6.07) is 3.93. The zero-order valence-electron chi connectivity index (χ0n) is 12.6. The molecule has 24 heavy (non-hydrogen) atoms. The second kappa shape index (κ2) is 6.71. The van der Waals surface area contributed by atoms with Crippen molar-refractivity contribution in [3.05, 3.63) is 28.4 Å². The molecule has 6 nitrogen and oxygen atoms in total. The van der Waals surface area contributed by atoms with Gasteiger partial charge in [-0.15, -0.1) is 13.2 Å². The van der Waals surface area contributed by atoms with Gasteiger partial charge in [-0.2, -0.15) is 5.10 Å². The Morgan fingerprint density at radius 2 is 2.08 bits per heavy atom. The number of aromatic nitrogens is 2. The number of benzene rings is 1. The number of nitrogens with two attached hydrogens (primary N) is 1. The molecule has 0 unspecified atom stereocenters. The number of carbonyl (C=O) groups excluding carboxylic acids is 1. The molecule has 0 bridgehead atoms. The van der Waals surface area contributed by atoms with Gasteiger partial charge >= 0.3 is 12.3 Å². The predicted octanol–water partition coefficient (Wildman–Crippen LogP) is 3.51. The molecule has 0 aliphatic carbocycles. The van der Waals surface area contributed by atoms with E-state index in [4.69, 9.17) is 10.5 Å². The van der Waals surface area contributed by atoms with Gasteiger partial charge in [0, 0.05) is 17.1 Å². The van der Waals surface area contributed by atoms with Crippen molar-refractivity contribution in [2.24, 2.45) is 7.05 Å². The van der Waals surface area contributed by atoms with Crippen molar-refractivity contribution in [2.45, 2.75) is 13.3 Å². The summed E-state index contributed by atoms with van der Waals surface area (Å²) in [5.41, 5.74) is 5.79. The molecule has 0 radical (unpaired) electrons. The lowest BCUT2D eigenvalue weighted by atomic mass is 10.1. The molecule has 130 valence electrons. The summed E-state index contributed by atoms with van der Waals surface area (Å²) in [5, 5.41) is 3.94. The summed E-state index contributed by atoms with van der Waals surface area (Å²) in [5.74, 6) is -1.22. The van der Waals surface area contributed by atoms with E-state index in [1.165, 1.54) is 23.9 Å². The van der Waals surface area contributed by atoms with Gasteiger partial charge in [0.1, 0.15) is 5.75 Å². The lowest BCUT2D eigenvalue weighted by Gasteiger charge is -2.14. The van der Waals surface area contributed by atoms with Crippen molar-refractivity contribution in [3.8, 4) is 17.0 Å². The number of hydrogen-bond acceptors (Lipinski definition) is 5. The van der Waals surface area contributed by atoms with Gasteiger partial charge in [-0.3, -0.25) is 4.68 Å². The number of nitrogens with zero attached hydrogens (tertiary/aromatic N) is 2. The Morgan fingerprint density at radius 1 is 1.42 bits per heavy atom. The van der Waals surface area contributed by atoms with Crippen LogP contribution in [0.15, 0.2) is 22.7 Å². The number of rotatable bonds is 4. The monoisotopic (exact) mass is 407 g/mol. The fourth-order valence-electron chi connectivity index (χ4n) is 2.11. The molecule has 2 rings (SSSR count). The molecule has 1 aromatic carbocycles. The van der Waals surface area contributed by atoms with Crippen molar-refractivity contribution < 1.29 is 27.4 Å². The highest BCUT2D eigenvalue weighted by Gasteiger charge is 2.33. The molecule has 1 heterocycles. The minimum atomic E-state index is -4.88. The van der Waals surface area contributed by atoms with E-state index < -0.39 is 18.1 Å². The van der Waals surface area contributed by atoms with Gasteiger partial charge in [-0.1, -0.05) is 15.9 Å². The average molecular weight is 408 g/mol. The van der Waals surface area contributed by atoms with E-state index in [9.17, 15) is 18.0 Å². The largest absolute Gasteiger partial charge is 0.573 e. The first kappa shape index (κ1) is 18.1. The van der Waals surface area contributed by atoms with Gasteiger partial charge < -0.3 is 15.2 Å². The molecular formula is C14H13BrF3N3O3. The Bertz CT molecular complexity index is 775. The van der Waals surface area contributed by atoms with Crippen LogP contribution in [0.3, 0.4) is 0 Å². The highest BCUT2D eigenvalue weighted by molar-refractivity contribution is 9.10. The first-order valence-corrected chi connectivity index (χ1v) is 7.48. The number of nitrogen functional groups attached to an aromatic ring is 1. The van der Waals surface area contributed by atoms with E-state index in [-0.39, 0.29) is 29.2 Å². The van der Waals surface area contributed by atoms with Crippen molar-refractivity contribution in [1.82, 2.24) is 9.78 Å². The number of alkyl halides is 3. The Kier molecular flexibility index (Phi) is 5.07. The van der Waals surface area contributed by atoms with Crippen LogP contribution in [-0.4, -0.2) is 28.7 Å². The van der Waals surface area contributed by atoms with E-state index in [1.54, 1.807) is 6.92 Å². The molecule has 0 amide bonds. The van der Waals surface area contributed by atoms with Crippen LogP contribution in [-0.2, 0) is 11.8 Å². The lowest BCUT2D eigenvalue weighted by Crippen LogP contribution is -2.18. The van der Waals surface area contributed by atoms with Crippen molar-refractivity contribution >= 4 is 27.6 Å². The summed E-state index contributed by atoms with van der Waals surface area (Å²) in [7, 11) is 1.45. The molecule has 0 saturated carbocycles. The highest BCUT2D eigenvalue weighted by Crippen LogP contribution is 2.39. The fraction of sp³-hybridized carbons (Fsp3) is 0.286. The van der Waals surface area contributed by atoms with E-state index >= 15 is 0 Å². The third-order valence-corrected chi connectivity index (χ3v) is 3.47. The van der Waals surface area contributed by atoms with Crippen LogP contribution in [0.4, 0.5) is 18.9 Å². The minimum absolute atomic E-state index is 0.0322. The van der Waals surface area contributed by atoms with Gasteiger partial charge in [0.15, 0.2) is 5.69 Å². The fourth-order valence-corrected chi connectivity index (χ4v) is 2.47. The van der Waals surface area contributed by atoms with E-state index in [1.807, 2.05) is 0 Å². The van der Waals surface area contributed by atoms with E-state index in [2.05, 4.69) is 25.8 Å². The highest BCUT2D eigenvalue weighted by atomic mass is 79.9. The van der Waals surface area contributed by atoms with E-state index in [0.29, 0.717) is 4.47 Å². The van der Waals surface area contributed by atoms with Crippen LogP contribution in [0.1, 0.15) is 17.4 Å². The number of hydrogen-bond donors (Lipinski definition) is 1. The first-order valence-electron chi connectivity index (χ1n) is 6.69.